The molecular formula is C37H47Cl3N4O5S. The maximum Gasteiger partial charge on any atom is 0.326 e. The molecule has 2 aliphatic heterocycles. The van der Waals surface area contributed by atoms with Gasteiger partial charge in [-0.25, -0.2) is 13.2 Å². The van der Waals surface area contributed by atoms with Gasteiger partial charge in [0.1, 0.15) is 33.2 Å². The molecule has 5 rings (SSSR count). The van der Waals surface area contributed by atoms with Crippen LogP contribution in [0.1, 0.15) is 69.0 Å². The highest BCUT2D eigenvalue weighted by molar-refractivity contribution is 7.90. The van der Waals surface area contributed by atoms with Gasteiger partial charge >= 0.3 is 6.03 Å². The number of carbonyl (C=O) groups excluding carboxylic acids is 1. The second-order valence-corrected chi connectivity index (χ2v) is 16.6. The molecule has 0 unspecified atom stereocenters. The summed E-state index contributed by atoms with van der Waals surface area (Å²) in [6.07, 6.45) is 1.25. The van der Waals surface area contributed by atoms with Crippen molar-refractivity contribution in [3.05, 3.63) is 93.0 Å². The maximum atomic E-state index is 14.9. The highest BCUT2D eigenvalue weighted by Gasteiger charge is 2.45. The molecule has 0 saturated carbocycles. The van der Waals surface area contributed by atoms with Crippen LogP contribution in [0.25, 0.3) is 0 Å². The topological polar surface area (TPSA) is 91.8 Å². The number of benzene rings is 3. The largest absolute Gasteiger partial charge is 0.494 e. The van der Waals surface area contributed by atoms with Gasteiger partial charge in [-0.15, -0.1) is 12.4 Å². The molecular weight excluding hydrogens is 719 g/mol. The van der Waals surface area contributed by atoms with Crippen LogP contribution < -0.4 is 9.47 Å². The zero-order valence-electron chi connectivity index (χ0n) is 29.5. The van der Waals surface area contributed by atoms with E-state index in [1.807, 2.05) is 79.4 Å². The zero-order valence-corrected chi connectivity index (χ0v) is 32.6. The van der Waals surface area contributed by atoms with Crippen molar-refractivity contribution < 1.29 is 22.7 Å². The van der Waals surface area contributed by atoms with Crippen molar-refractivity contribution in [3.8, 4) is 11.5 Å². The molecule has 2 atom stereocenters. The smallest absolute Gasteiger partial charge is 0.326 e. The van der Waals surface area contributed by atoms with Crippen LogP contribution in [-0.2, 0) is 15.3 Å². The minimum absolute atomic E-state index is 0. The number of amidine groups is 1. The average molecular weight is 766 g/mol. The second-order valence-electron chi connectivity index (χ2n) is 13.5. The van der Waals surface area contributed by atoms with Gasteiger partial charge in [-0.05, 0) is 66.8 Å². The number of piperazine rings is 1. The van der Waals surface area contributed by atoms with Crippen molar-refractivity contribution in [2.45, 2.75) is 52.1 Å². The van der Waals surface area contributed by atoms with Crippen molar-refractivity contribution in [1.29, 1.82) is 0 Å². The molecule has 9 nitrogen and oxygen atoms in total. The normalized spacial score (nSPS) is 18.4. The van der Waals surface area contributed by atoms with Crippen LogP contribution in [0, 0.1) is 0 Å². The molecule has 272 valence electrons. The quantitative estimate of drug-likeness (QED) is 0.209. The highest BCUT2D eigenvalue weighted by Crippen LogP contribution is 2.47. The van der Waals surface area contributed by atoms with Gasteiger partial charge in [0.25, 0.3) is 0 Å². The van der Waals surface area contributed by atoms with E-state index in [2.05, 4.69) is 25.7 Å². The zero-order chi connectivity index (χ0) is 35.5. The Kier molecular flexibility index (Phi) is 13.2. The minimum atomic E-state index is -3.10. The van der Waals surface area contributed by atoms with E-state index in [0.717, 1.165) is 16.7 Å². The van der Waals surface area contributed by atoms with Crippen molar-refractivity contribution in [3.63, 3.8) is 0 Å². The lowest BCUT2D eigenvalue weighted by Crippen LogP contribution is -2.54. The molecule has 0 spiro atoms. The van der Waals surface area contributed by atoms with Crippen LogP contribution in [-0.4, -0.2) is 92.9 Å². The molecule has 1 fully saturated rings. The summed E-state index contributed by atoms with van der Waals surface area (Å²) in [4.78, 5) is 26.0. The first kappa shape index (κ1) is 39.8. The number of carbonyl (C=O) groups is 1. The fraction of sp³-hybridized carbons (Fsp3) is 0.459. The van der Waals surface area contributed by atoms with Crippen LogP contribution in [0.15, 0.2) is 65.7 Å². The predicted octanol–water partition coefficient (Wildman–Crippen LogP) is 7.84. The van der Waals surface area contributed by atoms with Gasteiger partial charge in [-0.1, -0.05) is 68.2 Å². The number of aliphatic imine (C=N–C) groups is 1. The van der Waals surface area contributed by atoms with Crippen LogP contribution in [0.2, 0.25) is 10.0 Å². The van der Waals surface area contributed by atoms with Crippen molar-refractivity contribution in [2.24, 2.45) is 4.99 Å². The number of amides is 2. The fourth-order valence-electron chi connectivity index (χ4n) is 6.34. The number of urea groups is 1. The second kappa shape index (κ2) is 16.5. The first-order chi connectivity index (χ1) is 23.2. The summed E-state index contributed by atoms with van der Waals surface area (Å²) < 4.78 is 36.1. The Morgan fingerprint density at radius 1 is 0.860 bits per heavy atom. The van der Waals surface area contributed by atoms with E-state index in [9.17, 15) is 13.2 Å². The van der Waals surface area contributed by atoms with Gasteiger partial charge in [-0.2, -0.15) is 0 Å². The molecule has 3 aromatic carbocycles. The first-order valence-electron chi connectivity index (χ1n) is 16.7. The lowest BCUT2D eigenvalue weighted by molar-refractivity contribution is 0.122. The van der Waals surface area contributed by atoms with Gasteiger partial charge in [0.2, 0.25) is 0 Å². The number of rotatable bonds is 10. The summed E-state index contributed by atoms with van der Waals surface area (Å²) in [5.41, 5.74) is 3.19. The van der Waals surface area contributed by atoms with Gasteiger partial charge < -0.3 is 14.4 Å². The highest BCUT2D eigenvalue weighted by atomic mass is 35.5. The predicted molar refractivity (Wildman–Crippen MR) is 205 cm³/mol. The molecule has 0 aromatic heterocycles. The van der Waals surface area contributed by atoms with Gasteiger partial charge in [-0.3, -0.25) is 14.8 Å². The van der Waals surface area contributed by atoms with E-state index in [1.165, 1.54) is 6.26 Å². The van der Waals surface area contributed by atoms with Crippen LogP contribution in [0.3, 0.4) is 0 Å². The SMILES string of the molecule is CCOc1cc(C(C)(C)C)c(OCC)cc1C1=N[C@@H](c2ccc(Cl)cc2)[C@@H](c2ccc(Cl)cc2)N1C(=O)N1CCN(CCS(C)(=O)=O)CC1.Cl. The van der Waals surface area contributed by atoms with Crippen molar-refractivity contribution >= 4 is 57.3 Å². The molecule has 0 bridgehead atoms. The van der Waals surface area contributed by atoms with Gasteiger partial charge in [0.05, 0.1) is 30.6 Å². The number of nitrogens with zero attached hydrogens (tertiary/aromatic N) is 4. The third-order valence-electron chi connectivity index (χ3n) is 8.85. The Morgan fingerprint density at radius 3 is 1.92 bits per heavy atom. The molecule has 0 radical (unpaired) electrons. The molecule has 2 amide bonds. The first-order valence-corrected chi connectivity index (χ1v) is 19.5. The molecule has 0 aliphatic carbocycles. The summed E-state index contributed by atoms with van der Waals surface area (Å²) in [5, 5.41) is 1.19. The number of hydrogen-bond acceptors (Lipinski definition) is 7. The standard InChI is InChI=1S/C37H46Cl2N4O5S.ClH/c1-7-47-31-24-30(37(3,4)5)32(48-8-2)23-29(31)35-40-33(25-9-13-27(38)14-10-25)34(26-11-15-28(39)16-12-26)43(35)36(44)42-19-17-41(18-20-42)21-22-49(6,45)46;/h9-16,23-24,33-34H,7-8,17-22H2,1-6H3;1H/t33-,34+;/m0./s1. The van der Waals surface area contributed by atoms with E-state index < -0.39 is 21.9 Å². The summed E-state index contributed by atoms with van der Waals surface area (Å²) in [5.74, 6) is 1.89. The molecule has 13 heteroatoms. The summed E-state index contributed by atoms with van der Waals surface area (Å²) >= 11 is 12.7. The van der Waals surface area contributed by atoms with Crippen LogP contribution in [0.5, 0.6) is 11.5 Å². The number of halogens is 3. The van der Waals surface area contributed by atoms with E-state index in [0.29, 0.717) is 78.9 Å². The van der Waals surface area contributed by atoms with Gasteiger partial charge in [0, 0.05) is 54.6 Å². The molecule has 50 heavy (non-hydrogen) atoms. The summed E-state index contributed by atoms with van der Waals surface area (Å²) in [6, 6.07) is 17.9. The Morgan fingerprint density at radius 2 is 1.40 bits per heavy atom. The Hall–Kier alpha value is -3.02. The lowest BCUT2D eigenvalue weighted by Gasteiger charge is -2.39. The van der Waals surface area contributed by atoms with E-state index in [-0.39, 0.29) is 29.6 Å². The third-order valence-corrected chi connectivity index (χ3v) is 10.3. The van der Waals surface area contributed by atoms with Crippen LogP contribution in [0.4, 0.5) is 4.79 Å². The molecule has 1 saturated heterocycles. The van der Waals surface area contributed by atoms with Crippen LogP contribution >= 0.6 is 35.6 Å². The number of hydrogen-bond donors (Lipinski definition) is 0. The molecule has 2 aliphatic rings. The molecule has 2 heterocycles. The number of ether oxygens (including phenoxy) is 2. The lowest BCUT2D eigenvalue weighted by atomic mass is 9.85. The van der Waals surface area contributed by atoms with E-state index in [1.54, 1.807) is 4.90 Å². The molecule has 3 aromatic rings. The summed E-state index contributed by atoms with van der Waals surface area (Å²) in [6.45, 7) is 13.6. The monoisotopic (exact) mass is 764 g/mol. The van der Waals surface area contributed by atoms with Crippen molar-refractivity contribution in [2.75, 3.05) is 57.9 Å². The summed E-state index contributed by atoms with van der Waals surface area (Å²) in [7, 11) is -3.10. The van der Waals surface area contributed by atoms with Gasteiger partial charge in [0.15, 0.2) is 0 Å². The van der Waals surface area contributed by atoms with Crippen molar-refractivity contribution in [1.82, 2.24) is 14.7 Å². The Labute approximate surface area is 312 Å². The molecule has 0 N–H and O–H groups in total. The maximum absolute atomic E-state index is 14.9. The Balaban J connectivity index is 0.00000562. The Bertz CT molecular complexity index is 1770. The number of sulfone groups is 1. The third kappa shape index (κ3) is 9.25. The fourth-order valence-corrected chi connectivity index (χ4v) is 7.18. The minimum Gasteiger partial charge on any atom is -0.494 e. The average Bonchev–Trinajstić information content (AvgIpc) is 3.44. The van der Waals surface area contributed by atoms with E-state index >= 15 is 0 Å². The van der Waals surface area contributed by atoms with E-state index in [4.69, 9.17) is 37.7 Å².